The van der Waals surface area contributed by atoms with Crippen molar-refractivity contribution >= 4 is 16.6 Å². The van der Waals surface area contributed by atoms with Crippen LogP contribution in [0.3, 0.4) is 0 Å². The fourth-order valence-electron chi connectivity index (χ4n) is 2.24. The molecule has 0 bridgehead atoms. The third-order valence-electron chi connectivity index (χ3n) is 3.30. The second kappa shape index (κ2) is 5.32. The van der Waals surface area contributed by atoms with Gasteiger partial charge in [-0.15, -0.1) is 0 Å². The maximum absolute atomic E-state index is 13.7. The molecule has 21 heavy (non-hydrogen) atoms. The standard InChI is InChI=1S/C17H12FNO2/c1-21-15-7-6-12(10-14(15)18)17(20)16-13-5-3-2-4-11(13)8-9-19-16/h2-10H,1H3. The second-order valence-electron chi connectivity index (χ2n) is 4.56. The van der Waals surface area contributed by atoms with E-state index in [0.717, 1.165) is 10.8 Å². The van der Waals surface area contributed by atoms with Crippen LogP contribution < -0.4 is 4.74 Å². The Morgan fingerprint density at radius 1 is 1.14 bits per heavy atom. The molecule has 0 radical (unpaired) electrons. The van der Waals surface area contributed by atoms with Crippen molar-refractivity contribution in [2.75, 3.05) is 7.11 Å². The van der Waals surface area contributed by atoms with Gasteiger partial charge >= 0.3 is 0 Å². The Kier molecular flexibility index (Phi) is 3.36. The molecule has 4 heteroatoms. The number of rotatable bonds is 3. The highest BCUT2D eigenvalue weighted by Gasteiger charge is 2.15. The predicted octanol–water partition coefficient (Wildman–Crippen LogP) is 3.61. The summed E-state index contributed by atoms with van der Waals surface area (Å²) in [6, 6.07) is 13.4. The summed E-state index contributed by atoms with van der Waals surface area (Å²) in [6.45, 7) is 0. The monoisotopic (exact) mass is 281 g/mol. The average molecular weight is 281 g/mol. The van der Waals surface area contributed by atoms with E-state index in [1.807, 2.05) is 30.3 Å². The van der Waals surface area contributed by atoms with Gasteiger partial charge in [0.1, 0.15) is 5.69 Å². The van der Waals surface area contributed by atoms with Gasteiger partial charge in [-0.25, -0.2) is 4.39 Å². The minimum absolute atomic E-state index is 0.109. The zero-order valence-corrected chi connectivity index (χ0v) is 11.3. The maximum Gasteiger partial charge on any atom is 0.212 e. The number of carbonyl (C=O) groups is 1. The van der Waals surface area contributed by atoms with E-state index in [2.05, 4.69) is 4.98 Å². The number of pyridine rings is 1. The van der Waals surface area contributed by atoms with E-state index in [0.29, 0.717) is 5.69 Å². The number of nitrogens with zero attached hydrogens (tertiary/aromatic N) is 1. The number of halogens is 1. The lowest BCUT2D eigenvalue weighted by Gasteiger charge is -2.06. The van der Waals surface area contributed by atoms with Crippen LogP contribution in [0.4, 0.5) is 4.39 Å². The molecule has 0 amide bonds. The van der Waals surface area contributed by atoms with Gasteiger partial charge in [-0.3, -0.25) is 9.78 Å². The Morgan fingerprint density at radius 2 is 1.95 bits per heavy atom. The first-order chi connectivity index (χ1) is 10.2. The molecular formula is C17H12FNO2. The van der Waals surface area contributed by atoms with Crippen LogP contribution in [-0.2, 0) is 0 Å². The molecular weight excluding hydrogens is 269 g/mol. The maximum atomic E-state index is 13.7. The Morgan fingerprint density at radius 3 is 2.71 bits per heavy atom. The number of hydrogen-bond acceptors (Lipinski definition) is 3. The minimum atomic E-state index is -0.566. The Hall–Kier alpha value is -2.75. The summed E-state index contributed by atoms with van der Waals surface area (Å²) in [5.74, 6) is -0.769. The van der Waals surface area contributed by atoms with E-state index in [-0.39, 0.29) is 17.1 Å². The van der Waals surface area contributed by atoms with Gasteiger partial charge in [0, 0.05) is 17.1 Å². The van der Waals surface area contributed by atoms with E-state index >= 15 is 0 Å². The van der Waals surface area contributed by atoms with Gasteiger partial charge in [0.15, 0.2) is 11.6 Å². The first-order valence-electron chi connectivity index (χ1n) is 6.42. The van der Waals surface area contributed by atoms with Crippen molar-refractivity contribution < 1.29 is 13.9 Å². The van der Waals surface area contributed by atoms with Crippen LogP contribution in [-0.4, -0.2) is 17.9 Å². The molecule has 0 spiro atoms. The first kappa shape index (κ1) is 13.2. The SMILES string of the molecule is COc1ccc(C(=O)c2nccc3ccccc23)cc1F. The van der Waals surface area contributed by atoms with Crippen LogP contribution in [0.25, 0.3) is 10.8 Å². The summed E-state index contributed by atoms with van der Waals surface area (Å²) in [5, 5.41) is 1.67. The highest BCUT2D eigenvalue weighted by Crippen LogP contribution is 2.22. The number of fused-ring (bicyclic) bond motifs is 1. The zero-order chi connectivity index (χ0) is 14.8. The highest BCUT2D eigenvalue weighted by molar-refractivity contribution is 6.14. The van der Waals surface area contributed by atoms with E-state index in [1.54, 1.807) is 6.20 Å². The summed E-state index contributed by atoms with van der Waals surface area (Å²) < 4.78 is 18.6. The van der Waals surface area contributed by atoms with Crippen LogP contribution in [0.15, 0.2) is 54.7 Å². The molecule has 0 saturated heterocycles. The van der Waals surface area contributed by atoms with Gasteiger partial charge in [-0.05, 0) is 29.7 Å². The van der Waals surface area contributed by atoms with Gasteiger partial charge < -0.3 is 4.74 Å². The molecule has 3 aromatic rings. The van der Waals surface area contributed by atoms with Gasteiger partial charge in [0.25, 0.3) is 0 Å². The Balaban J connectivity index is 2.10. The van der Waals surface area contributed by atoms with Gasteiger partial charge in [-0.2, -0.15) is 0 Å². The molecule has 0 atom stereocenters. The Bertz CT molecular complexity index is 825. The largest absolute Gasteiger partial charge is 0.494 e. The summed E-state index contributed by atoms with van der Waals surface area (Å²) >= 11 is 0. The number of benzene rings is 2. The van der Waals surface area contributed by atoms with Crippen molar-refractivity contribution in [3.05, 3.63) is 71.8 Å². The molecule has 3 rings (SSSR count). The van der Waals surface area contributed by atoms with E-state index < -0.39 is 5.82 Å². The van der Waals surface area contributed by atoms with Crippen LogP contribution in [0.5, 0.6) is 5.75 Å². The molecule has 0 saturated carbocycles. The van der Waals surface area contributed by atoms with Gasteiger partial charge in [-0.1, -0.05) is 24.3 Å². The quantitative estimate of drug-likeness (QED) is 0.688. The Labute approximate surface area is 121 Å². The third kappa shape index (κ3) is 2.36. The number of ether oxygens (including phenoxy) is 1. The molecule has 0 aliphatic rings. The summed E-state index contributed by atoms with van der Waals surface area (Å²) in [7, 11) is 1.38. The van der Waals surface area contributed by atoms with Crippen molar-refractivity contribution in [2.24, 2.45) is 0 Å². The number of carbonyl (C=O) groups excluding carboxylic acids is 1. The minimum Gasteiger partial charge on any atom is -0.494 e. The van der Waals surface area contributed by atoms with Crippen molar-refractivity contribution in [3.8, 4) is 5.75 Å². The summed E-state index contributed by atoms with van der Waals surface area (Å²) in [6.07, 6.45) is 1.58. The lowest BCUT2D eigenvalue weighted by Crippen LogP contribution is -2.05. The molecule has 0 aliphatic heterocycles. The molecule has 0 aliphatic carbocycles. The van der Waals surface area contributed by atoms with E-state index in [1.165, 1.54) is 25.3 Å². The molecule has 3 nitrogen and oxygen atoms in total. The molecule has 104 valence electrons. The molecule has 0 fully saturated rings. The van der Waals surface area contributed by atoms with Crippen molar-refractivity contribution in [3.63, 3.8) is 0 Å². The summed E-state index contributed by atoms with van der Waals surface area (Å²) in [5.41, 5.74) is 0.565. The highest BCUT2D eigenvalue weighted by atomic mass is 19.1. The molecule has 1 heterocycles. The second-order valence-corrected chi connectivity index (χ2v) is 4.56. The first-order valence-corrected chi connectivity index (χ1v) is 6.42. The van der Waals surface area contributed by atoms with Crippen molar-refractivity contribution in [1.29, 1.82) is 0 Å². The number of ketones is 1. The average Bonchev–Trinajstić information content (AvgIpc) is 2.53. The van der Waals surface area contributed by atoms with E-state index in [9.17, 15) is 9.18 Å². The fourth-order valence-corrected chi connectivity index (χ4v) is 2.24. The van der Waals surface area contributed by atoms with Crippen molar-refractivity contribution in [1.82, 2.24) is 4.98 Å². The number of aromatic nitrogens is 1. The topological polar surface area (TPSA) is 39.2 Å². The van der Waals surface area contributed by atoms with Gasteiger partial charge in [0.05, 0.1) is 7.11 Å². The smallest absolute Gasteiger partial charge is 0.212 e. The number of methoxy groups -OCH3 is 1. The zero-order valence-electron chi connectivity index (χ0n) is 11.3. The molecule has 0 unspecified atom stereocenters. The van der Waals surface area contributed by atoms with Gasteiger partial charge in [0.2, 0.25) is 5.78 Å². The normalized spacial score (nSPS) is 10.6. The van der Waals surface area contributed by atoms with E-state index in [4.69, 9.17) is 4.74 Å². The summed E-state index contributed by atoms with van der Waals surface area (Å²) in [4.78, 5) is 16.7. The van der Waals surface area contributed by atoms with Crippen LogP contribution in [0.1, 0.15) is 16.1 Å². The number of hydrogen-bond donors (Lipinski definition) is 0. The van der Waals surface area contributed by atoms with Crippen molar-refractivity contribution in [2.45, 2.75) is 0 Å². The fraction of sp³-hybridized carbons (Fsp3) is 0.0588. The van der Waals surface area contributed by atoms with Crippen LogP contribution in [0, 0.1) is 5.82 Å². The lowest BCUT2D eigenvalue weighted by molar-refractivity contribution is 0.103. The molecule has 0 N–H and O–H groups in total. The van der Waals surface area contributed by atoms with Crippen LogP contribution >= 0.6 is 0 Å². The molecule has 1 aromatic heterocycles. The van der Waals surface area contributed by atoms with Crippen LogP contribution in [0.2, 0.25) is 0 Å². The molecule has 2 aromatic carbocycles. The third-order valence-corrected chi connectivity index (χ3v) is 3.30. The lowest BCUT2D eigenvalue weighted by atomic mass is 10.0. The predicted molar refractivity (Wildman–Crippen MR) is 78.1 cm³/mol.